The summed E-state index contributed by atoms with van der Waals surface area (Å²) < 4.78 is 18.8. The Morgan fingerprint density at radius 1 is 1.35 bits per heavy atom. The molecule has 2 atom stereocenters. The third kappa shape index (κ3) is 3.05. The molecule has 0 spiro atoms. The molecule has 0 N–H and O–H groups in total. The predicted molar refractivity (Wildman–Crippen MR) is 63.7 cm³/mol. The van der Waals surface area contributed by atoms with Crippen molar-refractivity contribution in [1.82, 2.24) is 0 Å². The van der Waals surface area contributed by atoms with E-state index in [1.807, 2.05) is 13.0 Å². The summed E-state index contributed by atoms with van der Waals surface area (Å²) in [5, 5.41) is 0. The van der Waals surface area contributed by atoms with Crippen LogP contribution in [0.3, 0.4) is 0 Å². The quantitative estimate of drug-likeness (QED) is 0.735. The number of benzene rings is 1. The Labute approximate surface area is 101 Å². The first-order valence-corrected chi connectivity index (χ1v) is 6.08. The second kappa shape index (κ2) is 5.30. The number of rotatable bonds is 2. The van der Waals surface area contributed by atoms with Gasteiger partial charge in [0, 0.05) is 0 Å². The summed E-state index contributed by atoms with van der Waals surface area (Å²) in [5.74, 6) is -0.414. The van der Waals surface area contributed by atoms with Crippen LogP contribution in [0.1, 0.15) is 41.6 Å². The molecule has 1 aromatic rings. The van der Waals surface area contributed by atoms with Crippen LogP contribution in [0.4, 0.5) is 4.39 Å². The van der Waals surface area contributed by atoms with E-state index in [-0.39, 0.29) is 0 Å². The van der Waals surface area contributed by atoms with Crippen LogP contribution in [-0.2, 0) is 4.74 Å². The first kappa shape index (κ1) is 12.1. The van der Waals surface area contributed by atoms with E-state index in [4.69, 9.17) is 4.74 Å². The first-order valence-electron chi connectivity index (χ1n) is 6.08. The van der Waals surface area contributed by atoms with Gasteiger partial charge in [-0.2, -0.15) is 0 Å². The van der Waals surface area contributed by atoms with Gasteiger partial charge in [-0.25, -0.2) is 9.18 Å². The average molecular weight is 236 g/mol. The van der Waals surface area contributed by atoms with Gasteiger partial charge in [-0.1, -0.05) is 24.1 Å². The lowest BCUT2D eigenvalue weighted by atomic mass is 9.96. The lowest BCUT2D eigenvalue weighted by molar-refractivity contribution is -0.00787. The van der Waals surface area contributed by atoms with E-state index < -0.39 is 18.2 Å². The van der Waals surface area contributed by atoms with Gasteiger partial charge in [-0.05, 0) is 38.3 Å². The number of alkyl halides is 1. The number of esters is 1. The second-order valence-electron chi connectivity index (χ2n) is 4.61. The Morgan fingerprint density at radius 3 is 2.82 bits per heavy atom. The van der Waals surface area contributed by atoms with E-state index in [1.54, 1.807) is 18.2 Å². The van der Waals surface area contributed by atoms with E-state index in [2.05, 4.69) is 0 Å². The maximum absolute atomic E-state index is 13.5. The van der Waals surface area contributed by atoms with Crippen molar-refractivity contribution in [2.75, 3.05) is 0 Å². The summed E-state index contributed by atoms with van der Waals surface area (Å²) in [6, 6.07) is 7.18. The molecule has 1 fully saturated rings. The van der Waals surface area contributed by atoms with Crippen LogP contribution in [-0.4, -0.2) is 18.2 Å². The molecule has 0 aromatic heterocycles. The third-order valence-electron chi connectivity index (χ3n) is 3.13. The van der Waals surface area contributed by atoms with Crippen LogP contribution < -0.4 is 0 Å². The fourth-order valence-electron chi connectivity index (χ4n) is 2.16. The Bertz CT molecular complexity index is 403. The highest BCUT2D eigenvalue weighted by molar-refractivity contribution is 5.89. The number of hydrogen-bond donors (Lipinski definition) is 0. The van der Waals surface area contributed by atoms with Crippen molar-refractivity contribution in [2.24, 2.45) is 0 Å². The Kier molecular flexibility index (Phi) is 3.77. The Balaban J connectivity index is 2.01. The van der Waals surface area contributed by atoms with Crippen molar-refractivity contribution in [1.29, 1.82) is 0 Å². The number of carbonyl (C=O) groups excluding carboxylic acids is 1. The van der Waals surface area contributed by atoms with Crippen molar-refractivity contribution in [2.45, 2.75) is 44.9 Å². The molecule has 1 aliphatic carbocycles. The summed E-state index contributed by atoms with van der Waals surface area (Å²) in [5.41, 5.74) is 1.50. The Hall–Kier alpha value is -1.38. The van der Waals surface area contributed by atoms with Crippen molar-refractivity contribution in [3.8, 4) is 0 Å². The van der Waals surface area contributed by atoms with E-state index in [0.717, 1.165) is 18.4 Å². The molecular weight excluding hydrogens is 219 g/mol. The minimum atomic E-state index is -1.00. The predicted octanol–water partition coefficient (Wildman–Crippen LogP) is 3.43. The highest BCUT2D eigenvalue weighted by Crippen LogP contribution is 2.24. The van der Waals surface area contributed by atoms with Crippen LogP contribution in [0.15, 0.2) is 24.3 Å². The molecule has 92 valence electrons. The van der Waals surface area contributed by atoms with Gasteiger partial charge in [0.2, 0.25) is 0 Å². The van der Waals surface area contributed by atoms with Gasteiger partial charge >= 0.3 is 5.97 Å². The largest absolute Gasteiger partial charge is 0.456 e. The van der Waals surface area contributed by atoms with Crippen LogP contribution in [0.2, 0.25) is 0 Å². The smallest absolute Gasteiger partial charge is 0.338 e. The van der Waals surface area contributed by atoms with Crippen molar-refractivity contribution < 1.29 is 13.9 Å². The monoisotopic (exact) mass is 236 g/mol. The zero-order chi connectivity index (χ0) is 12.3. The molecule has 0 saturated heterocycles. The lowest BCUT2D eigenvalue weighted by Gasteiger charge is -2.25. The van der Waals surface area contributed by atoms with Crippen LogP contribution in [0.25, 0.3) is 0 Å². The van der Waals surface area contributed by atoms with Crippen molar-refractivity contribution >= 4 is 5.97 Å². The molecule has 17 heavy (non-hydrogen) atoms. The summed E-state index contributed by atoms with van der Waals surface area (Å²) in [6.07, 6.45) is 1.41. The molecule has 2 nitrogen and oxygen atoms in total. The molecule has 0 heterocycles. The number of ether oxygens (including phenoxy) is 1. The molecule has 0 unspecified atom stereocenters. The van der Waals surface area contributed by atoms with Gasteiger partial charge in [0.05, 0.1) is 5.56 Å². The van der Waals surface area contributed by atoms with Crippen LogP contribution >= 0.6 is 0 Å². The summed E-state index contributed by atoms with van der Waals surface area (Å²) in [7, 11) is 0. The number of carbonyl (C=O) groups is 1. The molecular formula is C14H17FO2. The molecule has 1 aromatic carbocycles. The summed E-state index contributed by atoms with van der Waals surface area (Å²) >= 11 is 0. The lowest BCUT2D eigenvalue weighted by Crippen LogP contribution is -2.31. The number of halogens is 1. The van der Waals surface area contributed by atoms with E-state index in [9.17, 15) is 9.18 Å². The molecule has 0 amide bonds. The topological polar surface area (TPSA) is 26.3 Å². The average Bonchev–Trinajstić information content (AvgIpc) is 2.32. The van der Waals surface area contributed by atoms with Gasteiger partial charge in [0.25, 0.3) is 0 Å². The fourth-order valence-corrected chi connectivity index (χ4v) is 2.16. The van der Waals surface area contributed by atoms with E-state index >= 15 is 0 Å². The molecule has 2 rings (SSSR count). The minimum absolute atomic E-state index is 0.414. The summed E-state index contributed by atoms with van der Waals surface area (Å²) in [6.45, 7) is 1.91. The molecule has 3 heteroatoms. The minimum Gasteiger partial charge on any atom is -0.456 e. The highest BCUT2D eigenvalue weighted by Gasteiger charge is 2.28. The zero-order valence-corrected chi connectivity index (χ0v) is 9.99. The summed E-state index contributed by atoms with van der Waals surface area (Å²) in [4.78, 5) is 11.8. The second-order valence-corrected chi connectivity index (χ2v) is 4.61. The van der Waals surface area contributed by atoms with Crippen LogP contribution in [0.5, 0.6) is 0 Å². The first-order chi connectivity index (χ1) is 8.16. The standard InChI is InChI=1S/C14H17FO2/c1-10-5-4-6-11(9-10)14(16)17-13-8-3-2-7-12(13)15/h4-6,9,12-13H,2-3,7-8H2,1H3/t12-,13-/m1/s1. The van der Waals surface area contributed by atoms with E-state index in [0.29, 0.717) is 18.4 Å². The van der Waals surface area contributed by atoms with E-state index in [1.165, 1.54) is 0 Å². The maximum atomic E-state index is 13.5. The van der Waals surface area contributed by atoms with Gasteiger partial charge in [-0.3, -0.25) is 0 Å². The normalized spacial score (nSPS) is 24.4. The zero-order valence-electron chi connectivity index (χ0n) is 9.99. The fraction of sp³-hybridized carbons (Fsp3) is 0.500. The van der Waals surface area contributed by atoms with Gasteiger partial charge in [0.15, 0.2) is 0 Å². The Morgan fingerprint density at radius 2 is 2.12 bits per heavy atom. The number of aryl methyl sites for hydroxylation is 1. The van der Waals surface area contributed by atoms with Gasteiger partial charge < -0.3 is 4.74 Å². The molecule has 0 radical (unpaired) electrons. The molecule has 1 saturated carbocycles. The van der Waals surface area contributed by atoms with Crippen LogP contribution in [0, 0.1) is 6.92 Å². The highest BCUT2D eigenvalue weighted by atomic mass is 19.1. The maximum Gasteiger partial charge on any atom is 0.338 e. The molecule has 0 aliphatic heterocycles. The third-order valence-corrected chi connectivity index (χ3v) is 3.13. The molecule has 1 aliphatic rings. The number of hydrogen-bond acceptors (Lipinski definition) is 2. The van der Waals surface area contributed by atoms with Crippen molar-refractivity contribution in [3.63, 3.8) is 0 Å². The van der Waals surface area contributed by atoms with Gasteiger partial charge in [-0.15, -0.1) is 0 Å². The van der Waals surface area contributed by atoms with Crippen molar-refractivity contribution in [3.05, 3.63) is 35.4 Å². The van der Waals surface area contributed by atoms with Gasteiger partial charge in [0.1, 0.15) is 12.3 Å². The SMILES string of the molecule is Cc1cccc(C(=O)O[C@@H]2CCCC[C@H]2F)c1. The molecule has 0 bridgehead atoms.